The number of aliphatic imine (C=N–C) groups is 1. The average Bonchev–Trinajstić information content (AvgIpc) is 3.26. The van der Waals surface area contributed by atoms with Gasteiger partial charge in [0.15, 0.2) is 11.7 Å². The van der Waals surface area contributed by atoms with Gasteiger partial charge in [0, 0.05) is 45.0 Å². The van der Waals surface area contributed by atoms with Crippen LogP contribution >= 0.6 is 0 Å². The van der Waals surface area contributed by atoms with Gasteiger partial charge < -0.3 is 24.9 Å². The summed E-state index contributed by atoms with van der Waals surface area (Å²) in [5.74, 6) is 0.683. The molecule has 2 aromatic rings. The first-order valence-corrected chi connectivity index (χ1v) is 9.53. The second kappa shape index (κ2) is 9.77. The zero-order valence-electron chi connectivity index (χ0n) is 16.0. The molecule has 8 heteroatoms. The van der Waals surface area contributed by atoms with Gasteiger partial charge in [-0.2, -0.15) is 0 Å². The number of rotatable bonds is 6. The van der Waals surface area contributed by atoms with E-state index in [0.29, 0.717) is 18.8 Å². The lowest BCUT2D eigenvalue weighted by atomic mass is 10.2. The molecule has 1 fully saturated rings. The van der Waals surface area contributed by atoms with Crippen LogP contribution in [0.1, 0.15) is 17.5 Å². The molecule has 1 saturated heterocycles. The largest absolute Gasteiger partial charge is 0.459 e. The number of halogens is 1. The molecule has 150 valence electrons. The number of nitrogens with zero attached hydrogens (tertiary/aromatic N) is 3. The van der Waals surface area contributed by atoms with Gasteiger partial charge in [-0.3, -0.25) is 9.79 Å². The quantitative estimate of drug-likeness (QED) is 0.450. The zero-order chi connectivity index (χ0) is 19.8. The van der Waals surface area contributed by atoms with Crippen LogP contribution < -0.4 is 15.5 Å². The Morgan fingerprint density at radius 1 is 1.14 bits per heavy atom. The van der Waals surface area contributed by atoms with Crippen molar-refractivity contribution >= 4 is 17.6 Å². The third-order valence-electron chi connectivity index (χ3n) is 4.51. The zero-order valence-corrected chi connectivity index (χ0v) is 16.0. The molecule has 0 saturated carbocycles. The van der Waals surface area contributed by atoms with Crippen LogP contribution in [0.25, 0.3) is 0 Å². The number of carbonyl (C=O) groups excluding carboxylic acids is 1. The Balaban J connectivity index is 1.49. The van der Waals surface area contributed by atoms with E-state index < -0.39 is 0 Å². The maximum absolute atomic E-state index is 13.1. The summed E-state index contributed by atoms with van der Waals surface area (Å²) < 4.78 is 18.2. The van der Waals surface area contributed by atoms with Gasteiger partial charge in [0.05, 0.1) is 12.8 Å². The molecule has 0 atom stereocenters. The molecule has 0 radical (unpaired) electrons. The highest BCUT2D eigenvalue weighted by molar-refractivity contribution is 5.91. The first-order valence-electron chi connectivity index (χ1n) is 9.53. The van der Waals surface area contributed by atoms with E-state index in [2.05, 4.69) is 25.4 Å². The summed E-state index contributed by atoms with van der Waals surface area (Å²) in [5, 5.41) is 6.10. The molecule has 0 spiro atoms. The highest BCUT2D eigenvalue weighted by Gasteiger charge is 2.19. The lowest BCUT2D eigenvalue weighted by Crippen LogP contribution is -2.52. The number of benzene rings is 1. The summed E-state index contributed by atoms with van der Waals surface area (Å²) in [6, 6.07) is 9.91. The number of carbonyl (C=O) groups is 1. The van der Waals surface area contributed by atoms with E-state index >= 15 is 0 Å². The van der Waals surface area contributed by atoms with Crippen molar-refractivity contribution in [2.24, 2.45) is 4.99 Å². The predicted molar refractivity (Wildman–Crippen MR) is 107 cm³/mol. The van der Waals surface area contributed by atoms with Crippen LogP contribution in [0.3, 0.4) is 0 Å². The minimum absolute atomic E-state index is 0.219. The van der Waals surface area contributed by atoms with Gasteiger partial charge in [-0.15, -0.1) is 0 Å². The fourth-order valence-corrected chi connectivity index (χ4v) is 3.08. The van der Waals surface area contributed by atoms with E-state index in [4.69, 9.17) is 4.42 Å². The van der Waals surface area contributed by atoms with Crippen molar-refractivity contribution in [1.29, 1.82) is 0 Å². The number of nitrogens with one attached hydrogen (secondary N) is 2. The maximum Gasteiger partial charge on any atom is 0.287 e. The van der Waals surface area contributed by atoms with Crippen molar-refractivity contribution in [3.05, 3.63) is 54.2 Å². The summed E-state index contributed by atoms with van der Waals surface area (Å²) in [6.07, 6.45) is 1.47. The number of hydrogen-bond acceptors (Lipinski definition) is 4. The maximum atomic E-state index is 13.1. The normalized spacial score (nSPS) is 14.9. The number of hydrogen-bond donors (Lipinski definition) is 2. The Bertz CT molecular complexity index is 768. The van der Waals surface area contributed by atoms with E-state index in [1.165, 1.54) is 18.4 Å². The molecule has 0 bridgehead atoms. The molecule has 1 aromatic carbocycles. The Kier molecular flexibility index (Phi) is 6.89. The van der Waals surface area contributed by atoms with Gasteiger partial charge in [-0.1, -0.05) is 0 Å². The van der Waals surface area contributed by atoms with Crippen LogP contribution in [0.2, 0.25) is 0 Å². The molecule has 0 unspecified atom stereocenters. The van der Waals surface area contributed by atoms with Crippen LogP contribution in [-0.4, -0.2) is 62.6 Å². The standard InChI is InChI=1S/C20H26FN5O2/c1-2-22-20(24-10-9-23-19(27)18-4-3-15-28-18)26-13-11-25(12-14-26)17-7-5-16(21)6-8-17/h3-8,15H,2,9-14H2,1H3,(H,22,24)(H,23,27). The van der Waals surface area contributed by atoms with Gasteiger partial charge >= 0.3 is 0 Å². The summed E-state index contributed by atoms with van der Waals surface area (Å²) in [4.78, 5) is 20.9. The average molecular weight is 387 g/mol. The van der Waals surface area contributed by atoms with Gasteiger partial charge in [0.25, 0.3) is 5.91 Å². The van der Waals surface area contributed by atoms with Crippen LogP contribution in [0.15, 0.2) is 52.1 Å². The summed E-state index contributed by atoms with van der Waals surface area (Å²) in [6.45, 7) is 7.04. The van der Waals surface area contributed by atoms with Crippen LogP contribution in [0.4, 0.5) is 10.1 Å². The fraction of sp³-hybridized carbons (Fsp3) is 0.400. The molecule has 3 rings (SSSR count). The van der Waals surface area contributed by atoms with E-state index in [0.717, 1.165) is 44.4 Å². The lowest BCUT2D eigenvalue weighted by molar-refractivity contribution is 0.0927. The molecule has 0 aliphatic carbocycles. The monoisotopic (exact) mass is 387 g/mol. The molecule has 1 aromatic heterocycles. The summed E-state index contributed by atoms with van der Waals surface area (Å²) in [7, 11) is 0. The van der Waals surface area contributed by atoms with Crippen molar-refractivity contribution in [3.8, 4) is 0 Å². The summed E-state index contributed by atoms with van der Waals surface area (Å²) >= 11 is 0. The molecule has 1 amide bonds. The van der Waals surface area contributed by atoms with Crippen LogP contribution in [0, 0.1) is 5.82 Å². The van der Waals surface area contributed by atoms with Crippen molar-refractivity contribution in [2.75, 3.05) is 50.7 Å². The smallest absolute Gasteiger partial charge is 0.287 e. The summed E-state index contributed by atoms with van der Waals surface area (Å²) in [5.41, 5.74) is 1.03. The van der Waals surface area contributed by atoms with Crippen molar-refractivity contribution < 1.29 is 13.6 Å². The van der Waals surface area contributed by atoms with E-state index in [1.54, 1.807) is 12.1 Å². The van der Waals surface area contributed by atoms with Gasteiger partial charge in [-0.25, -0.2) is 4.39 Å². The number of furan rings is 1. The van der Waals surface area contributed by atoms with Crippen molar-refractivity contribution in [2.45, 2.75) is 6.92 Å². The SMILES string of the molecule is CCNC(=NCCNC(=O)c1ccco1)N1CCN(c2ccc(F)cc2)CC1. The minimum Gasteiger partial charge on any atom is -0.459 e. The molecular formula is C20H26FN5O2. The predicted octanol–water partition coefficient (Wildman–Crippen LogP) is 1.94. The second-order valence-electron chi connectivity index (χ2n) is 6.42. The molecule has 28 heavy (non-hydrogen) atoms. The minimum atomic E-state index is -0.238. The third-order valence-corrected chi connectivity index (χ3v) is 4.51. The number of guanidine groups is 1. The third kappa shape index (κ3) is 5.25. The van der Waals surface area contributed by atoms with Gasteiger partial charge in [-0.05, 0) is 43.3 Å². The Labute approximate surface area is 164 Å². The van der Waals surface area contributed by atoms with Crippen LogP contribution in [0.5, 0.6) is 0 Å². The van der Waals surface area contributed by atoms with Gasteiger partial charge in [0.2, 0.25) is 0 Å². The second-order valence-corrected chi connectivity index (χ2v) is 6.42. The van der Waals surface area contributed by atoms with Crippen LogP contribution in [-0.2, 0) is 0 Å². The van der Waals surface area contributed by atoms with E-state index in [-0.39, 0.29) is 11.7 Å². The number of amides is 1. The Morgan fingerprint density at radius 3 is 2.54 bits per heavy atom. The topological polar surface area (TPSA) is 73.1 Å². The van der Waals surface area contributed by atoms with Crippen molar-refractivity contribution in [3.63, 3.8) is 0 Å². The highest BCUT2D eigenvalue weighted by atomic mass is 19.1. The lowest BCUT2D eigenvalue weighted by Gasteiger charge is -2.37. The molecule has 1 aliphatic heterocycles. The molecule has 2 heterocycles. The fourth-order valence-electron chi connectivity index (χ4n) is 3.08. The molecule has 2 N–H and O–H groups in total. The number of piperazine rings is 1. The van der Waals surface area contributed by atoms with Crippen molar-refractivity contribution in [1.82, 2.24) is 15.5 Å². The van der Waals surface area contributed by atoms with E-state index in [9.17, 15) is 9.18 Å². The Morgan fingerprint density at radius 2 is 1.89 bits per heavy atom. The first kappa shape index (κ1) is 19.7. The first-order chi connectivity index (χ1) is 13.7. The molecule has 1 aliphatic rings. The van der Waals surface area contributed by atoms with Gasteiger partial charge in [0.1, 0.15) is 5.82 Å². The molecular weight excluding hydrogens is 361 g/mol. The molecule has 7 nitrogen and oxygen atoms in total. The Hall–Kier alpha value is -3.03. The number of anilines is 1. The van der Waals surface area contributed by atoms with E-state index in [1.807, 2.05) is 19.1 Å². The highest BCUT2D eigenvalue weighted by Crippen LogP contribution is 2.16.